The number of rotatable bonds is 14. The lowest BCUT2D eigenvalue weighted by Gasteiger charge is -2.15. The number of carbonyl (C=O) groups excluding carboxylic acids is 1. The summed E-state index contributed by atoms with van der Waals surface area (Å²) in [5, 5.41) is 2.66. The minimum atomic E-state index is -0.148. The average molecular weight is 506 g/mol. The average Bonchev–Trinajstić information content (AvgIpc) is 2.81. The van der Waals surface area contributed by atoms with Crippen LogP contribution in [0.1, 0.15) is 52.0 Å². The maximum Gasteiger partial charge on any atom is 0.226 e. The van der Waals surface area contributed by atoms with Gasteiger partial charge in [-0.2, -0.15) is 0 Å². The predicted octanol–water partition coefficient (Wildman–Crippen LogP) is 5.14. The highest BCUT2D eigenvalue weighted by molar-refractivity contribution is 5.96. The molecule has 1 amide bonds. The van der Waals surface area contributed by atoms with E-state index in [4.69, 9.17) is 19.9 Å². The lowest BCUT2D eigenvalue weighted by atomic mass is 10.0. The van der Waals surface area contributed by atoms with E-state index in [2.05, 4.69) is 17.2 Å². The van der Waals surface area contributed by atoms with Gasteiger partial charge < -0.3 is 19.9 Å². The molecule has 7 nitrogen and oxygen atoms in total. The molecule has 8 heteroatoms. The van der Waals surface area contributed by atoms with Gasteiger partial charge in [-0.15, -0.1) is 12.4 Å². The first-order valence-electron chi connectivity index (χ1n) is 12.0. The summed E-state index contributed by atoms with van der Waals surface area (Å²) < 4.78 is 17.0. The van der Waals surface area contributed by atoms with Crippen molar-refractivity contribution < 1.29 is 19.0 Å². The minimum absolute atomic E-state index is 0. The number of hydrogen-bond acceptors (Lipinski definition) is 5. The van der Waals surface area contributed by atoms with Crippen molar-refractivity contribution in [3.05, 3.63) is 48.0 Å². The van der Waals surface area contributed by atoms with Gasteiger partial charge in [0, 0.05) is 38.7 Å². The second-order valence-electron chi connectivity index (χ2n) is 8.39. The zero-order chi connectivity index (χ0) is 24.8. The molecule has 2 aromatic rings. The molecule has 0 aliphatic rings. The van der Waals surface area contributed by atoms with Crippen molar-refractivity contribution >= 4 is 24.3 Å². The van der Waals surface area contributed by atoms with Crippen molar-refractivity contribution in [3.8, 4) is 22.6 Å². The first kappa shape index (κ1) is 30.3. The number of aryl methyl sites for hydroxylation is 1. The SMILES string of the molecule is CCCCN=C(N)NC(=O)CCc1ccc(-c2ccc(OC(C)C)cc2)c(OCCCOC)c1.Cl. The van der Waals surface area contributed by atoms with Crippen LogP contribution in [0.15, 0.2) is 47.5 Å². The fourth-order valence-corrected chi connectivity index (χ4v) is 3.31. The van der Waals surface area contributed by atoms with Crippen molar-refractivity contribution in [2.45, 2.75) is 59.0 Å². The lowest BCUT2D eigenvalue weighted by Crippen LogP contribution is -2.37. The molecule has 0 aliphatic carbocycles. The highest BCUT2D eigenvalue weighted by atomic mass is 35.5. The van der Waals surface area contributed by atoms with Crippen LogP contribution in [0.3, 0.4) is 0 Å². The molecule has 0 radical (unpaired) electrons. The molecule has 35 heavy (non-hydrogen) atoms. The molecule has 2 rings (SSSR count). The number of nitrogens with zero attached hydrogens (tertiary/aromatic N) is 1. The van der Waals surface area contributed by atoms with Crippen LogP contribution in [0.25, 0.3) is 11.1 Å². The van der Waals surface area contributed by atoms with Gasteiger partial charge in [0.2, 0.25) is 5.91 Å². The quantitative estimate of drug-likeness (QED) is 0.210. The topological polar surface area (TPSA) is 95.2 Å². The van der Waals surface area contributed by atoms with Gasteiger partial charge in [-0.25, -0.2) is 0 Å². The van der Waals surface area contributed by atoms with E-state index in [1.807, 2.05) is 56.3 Å². The van der Waals surface area contributed by atoms with Gasteiger partial charge in [0.15, 0.2) is 5.96 Å². The molecule has 0 aliphatic heterocycles. The Balaban J connectivity index is 0.00000612. The lowest BCUT2D eigenvalue weighted by molar-refractivity contribution is -0.119. The van der Waals surface area contributed by atoms with Crippen molar-refractivity contribution in [2.24, 2.45) is 10.7 Å². The number of unbranched alkanes of at least 4 members (excludes halogenated alkanes) is 1. The summed E-state index contributed by atoms with van der Waals surface area (Å²) in [6.07, 6.45) is 3.79. The Morgan fingerprint density at radius 3 is 2.49 bits per heavy atom. The first-order valence-corrected chi connectivity index (χ1v) is 12.0. The van der Waals surface area contributed by atoms with Crippen LogP contribution in [0.4, 0.5) is 0 Å². The van der Waals surface area contributed by atoms with E-state index in [1.165, 1.54) is 0 Å². The summed E-state index contributed by atoms with van der Waals surface area (Å²) in [4.78, 5) is 16.4. The first-order chi connectivity index (χ1) is 16.4. The van der Waals surface area contributed by atoms with Gasteiger partial charge in [0.05, 0.1) is 12.7 Å². The molecule has 0 unspecified atom stereocenters. The van der Waals surface area contributed by atoms with Gasteiger partial charge in [0.1, 0.15) is 11.5 Å². The van der Waals surface area contributed by atoms with E-state index >= 15 is 0 Å². The number of carbonyl (C=O) groups is 1. The molecule has 0 fully saturated rings. The Morgan fingerprint density at radius 2 is 1.83 bits per heavy atom. The molecule has 0 saturated carbocycles. The molecule has 194 valence electrons. The minimum Gasteiger partial charge on any atom is -0.493 e. The Kier molecular flexibility index (Phi) is 14.5. The predicted molar refractivity (Wildman–Crippen MR) is 145 cm³/mol. The monoisotopic (exact) mass is 505 g/mol. The number of hydrogen-bond donors (Lipinski definition) is 2. The number of nitrogens with two attached hydrogens (primary N) is 1. The number of amides is 1. The standard InChI is InChI=1S/C27H39N3O4.ClH/c1-5-6-16-29-27(28)30-26(31)15-9-21-8-14-24(25(19-21)33-18-7-17-32-4)22-10-12-23(13-11-22)34-20(2)3;/h8,10-14,19-20H,5-7,9,15-18H2,1-4H3,(H3,28,29,30,31);1H. The summed E-state index contributed by atoms with van der Waals surface area (Å²) in [5.74, 6) is 1.65. The van der Waals surface area contributed by atoms with E-state index < -0.39 is 0 Å². The van der Waals surface area contributed by atoms with Crippen molar-refractivity contribution in [1.82, 2.24) is 5.32 Å². The normalized spacial score (nSPS) is 11.2. The fraction of sp³-hybridized carbons (Fsp3) is 0.481. The van der Waals surface area contributed by atoms with Crippen molar-refractivity contribution in [3.63, 3.8) is 0 Å². The van der Waals surface area contributed by atoms with E-state index in [0.29, 0.717) is 32.6 Å². The Labute approximate surface area is 215 Å². The third-order valence-electron chi connectivity index (χ3n) is 5.04. The number of nitrogens with one attached hydrogen (secondary N) is 1. The molecule has 0 heterocycles. The maximum atomic E-state index is 12.3. The van der Waals surface area contributed by atoms with E-state index in [1.54, 1.807) is 7.11 Å². The van der Waals surface area contributed by atoms with Gasteiger partial charge in [-0.3, -0.25) is 15.1 Å². The number of aliphatic imine (C=N–C) groups is 1. The zero-order valence-corrected chi connectivity index (χ0v) is 22.2. The van der Waals surface area contributed by atoms with Crippen LogP contribution in [0, 0.1) is 0 Å². The Morgan fingerprint density at radius 1 is 1.09 bits per heavy atom. The van der Waals surface area contributed by atoms with E-state index in [9.17, 15) is 4.79 Å². The van der Waals surface area contributed by atoms with E-state index in [-0.39, 0.29) is 30.4 Å². The van der Waals surface area contributed by atoms with Gasteiger partial charge >= 0.3 is 0 Å². The number of guanidine groups is 1. The van der Waals surface area contributed by atoms with Gasteiger partial charge in [-0.1, -0.05) is 37.6 Å². The number of halogens is 1. The molecule has 0 saturated heterocycles. The molecule has 0 bridgehead atoms. The molecular formula is C27H40ClN3O4. The van der Waals surface area contributed by atoms with E-state index in [0.717, 1.165) is 47.5 Å². The maximum absolute atomic E-state index is 12.3. The molecule has 0 aromatic heterocycles. The number of methoxy groups -OCH3 is 1. The molecule has 0 atom stereocenters. The summed E-state index contributed by atoms with van der Waals surface area (Å²) in [7, 11) is 1.68. The van der Waals surface area contributed by atoms with Crippen LogP contribution in [0.2, 0.25) is 0 Å². The summed E-state index contributed by atoms with van der Waals surface area (Å²) in [5.41, 5.74) is 8.84. The summed E-state index contributed by atoms with van der Waals surface area (Å²) in [6.45, 7) is 7.90. The molecule has 0 spiro atoms. The van der Waals surface area contributed by atoms with Gasteiger partial charge in [-0.05, 0) is 56.0 Å². The molecule has 3 N–H and O–H groups in total. The second-order valence-corrected chi connectivity index (χ2v) is 8.39. The molecular weight excluding hydrogens is 466 g/mol. The third-order valence-corrected chi connectivity index (χ3v) is 5.04. The number of benzene rings is 2. The third kappa shape index (κ3) is 11.5. The van der Waals surface area contributed by atoms with Crippen LogP contribution >= 0.6 is 12.4 Å². The zero-order valence-electron chi connectivity index (χ0n) is 21.3. The Hall–Kier alpha value is -2.77. The van der Waals surface area contributed by atoms with Crippen LogP contribution in [-0.2, 0) is 16.0 Å². The smallest absolute Gasteiger partial charge is 0.226 e. The number of ether oxygens (including phenoxy) is 3. The van der Waals surface area contributed by atoms with Crippen LogP contribution < -0.4 is 20.5 Å². The van der Waals surface area contributed by atoms with Crippen molar-refractivity contribution in [2.75, 3.05) is 26.9 Å². The summed E-state index contributed by atoms with van der Waals surface area (Å²) in [6, 6.07) is 14.1. The fourth-order valence-electron chi connectivity index (χ4n) is 3.31. The van der Waals surface area contributed by atoms with Crippen molar-refractivity contribution in [1.29, 1.82) is 0 Å². The highest BCUT2D eigenvalue weighted by Crippen LogP contribution is 2.33. The molecule has 2 aromatic carbocycles. The second kappa shape index (κ2) is 16.8. The highest BCUT2D eigenvalue weighted by Gasteiger charge is 2.11. The Bertz CT molecular complexity index is 917. The van der Waals surface area contributed by atoms with Crippen LogP contribution in [-0.4, -0.2) is 44.8 Å². The van der Waals surface area contributed by atoms with Crippen LogP contribution in [0.5, 0.6) is 11.5 Å². The van der Waals surface area contributed by atoms with Gasteiger partial charge in [0.25, 0.3) is 0 Å². The largest absolute Gasteiger partial charge is 0.493 e. The summed E-state index contributed by atoms with van der Waals surface area (Å²) >= 11 is 0.